The van der Waals surface area contributed by atoms with Crippen LogP contribution in [0, 0.1) is 33.6 Å². The zero-order valence-electron chi connectivity index (χ0n) is 19.2. The number of ketones is 1. The third kappa shape index (κ3) is 4.72. The van der Waals surface area contributed by atoms with Gasteiger partial charge in [0, 0.05) is 34.9 Å². The smallest absolute Gasteiger partial charge is 0.263 e. The van der Waals surface area contributed by atoms with E-state index < -0.39 is 0 Å². The molecule has 0 unspecified atom stereocenters. The summed E-state index contributed by atoms with van der Waals surface area (Å²) in [7, 11) is 0. The van der Waals surface area contributed by atoms with Crippen molar-refractivity contribution in [3.63, 3.8) is 0 Å². The molecule has 0 saturated heterocycles. The second kappa shape index (κ2) is 9.57. The zero-order chi connectivity index (χ0) is 22.9. The number of thioether (sulfide) groups is 1. The van der Waals surface area contributed by atoms with Crippen molar-refractivity contribution in [2.45, 2.75) is 66.2 Å². The first-order valence-electron chi connectivity index (χ1n) is 10.6. The molecular formula is C24H31N3O2S2. The lowest BCUT2D eigenvalue weighted by molar-refractivity contribution is 0.102. The Kier molecular flexibility index (Phi) is 7.27. The number of carbonyl (C=O) groups excluding carboxylic acids is 1. The molecule has 166 valence electrons. The molecule has 3 aromatic rings. The molecule has 0 amide bonds. The number of aromatic nitrogens is 3. The van der Waals surface area contributed by atoms with Crippen LogP contribution in [0.3, 0.4) is 0 Å². The van der Waals surface area contributed by atoms with Crippen molar-refractivity contribution in [1.82, 2.24) is 14.1 Å². The molecule has 3 rings (SSSR count). The summed E-state index contributed by atoms with van der Waals surface area (Å²) in [5.74, 6) is 0.919. The van der Waals surface area contributed by atoms with Gasteiger partial charge in [0.1, 0.15) is 4.83 Å². The number of aryl methyl sites for hydroxylation is 3. The molecule has 0 aliphatic rings. The lowest BCUT2D eigenvalue weighted by Crippen LogP contribution is -2.23. The minimum atomic E-state index is -0.0615. The van der Waals surface area contributed by atoms with E-state index in [0.717, 1.165) is 45.2 Å². The molecule has 5 nitrogen and oxygen atoms in total. The van der Waals surface area contributed by atoms with Crippen LogP contribution in [0.25, 0.3) is 10.2 Å². The van der Waals surface area contributed by atoms with Crippen LogP contribution in [0.4, 0.5) is 0 Å². The maximum absolute atomic E-state index is 13.1. The number of nitrogens with zero attached hydrogens (tertiary/aromatic N) is 3. The molecule has 0 bridgehead atoms. The fourth-order valence-electron chi connectivity index (χ4n) is 3.73. The van der Waals surface area contributed by atoms with Crippen LogP contribution in [0.5, 0.6) is 0 Å². The number of hydrogen-bond acceptors (Lipinski definition) is 5. The molecule has 7 heteroatoms. The fourth-order valence-corrected chi connectivity index (χ4v) is 5.69. The third-order valence-corrected chi connectivity index (χ3v) is 7.78. The van der Waals surface area contributed by atoms with E-state index in [2.05, 4.69) is 31.9 Å². The minimum Gasteiger partial charge on any atom is -0.348 e. The Bertz CT molecular complexity index is 1200. The van der Waals surface area contributed by atoms with E-state index in [4.69, 9.17) is 4.98 Å². The molecule has 0 fully saturated rings. The molecular weight excluding hydrogens is 426 g/mol. The molecule has 0 N–H and O–H groups in total. The van der Waals surface area contributed by atoms with Crippen molar-refractivity contribution in [3.8, 4) is 0 Å². The largest absolute Gasteiger partial charge is 0.348 e. The number of fused-ring (bicyclic) bond motifs is 1. The van der Waals surface area contributed by atoms with Crippen molar-refractivity contribution in [2.24, 2.45) is 5.92 Å². The van der Waals surface area contributed by atoms with Crippen molar-refractivity contribution < 1.29 is 4.79 Å². The van der Waals surface area contributed by atoms with Crippen LogP contribution in [-0.4, -0.2) is 25.7 Å². The average Bonchev–Trinajstić information content (AvgIpc) is 3.16. The van der Waals surface area contributed by atoms with Crippen molar-refractivity contribution in [3.05, 3.63) is 56.5 Å². The Morgan fingerprint density at radius 1 is 1.26 bits per heavy atom. The van der Waals surface area contributed by atoms with E-state index in [1.807, 2.05) is 26.8 Å². The number of allylic oxidation sites excluding steroid dienone is 1. The molecule has 31 heavy (non-hydrogen) atoms. The quantitative estimate of drug-likeness (QED) is 0.179. The van der Waals surface area contributed by atoms with Gasteiger partial charge >= 0.3 is 0 Å². The van der Waals surface area contributed by atoms with Gasteiger partial charge in [-0.3, -0.25) is 14.2 Å². The molecule has 0 spiro atoms. The number of carbonyl (C=O) groups is 1. The van der Waals surface area contributed by atoms with Gasteiger partial charge in [-0.05, 0) is 51.7 Å². The number of Topliss-reactive ketones (excluding diaryl/α,β-unsaturated/α-hetero) is 1. The van der Waals surface area contributed by atoms with Gasteiger partial charge in [-0.1, -0.05) is 31.7 Å². The lowest BCUT2D eigenvalue weighted by atomic mass is 10.1. The SMILES string of the molecule is C=CCn1c(SCC(=O)c2cc(C)n(CCC(C)C)c2C)nc2sc(C)c(C)c2c1=O. The molecule has 0 atom stereocenters. The Morgan fingerprint density at radius 3 is 2.61 bits per heavy atom. The normalized spacial score (nSPS) is 11.6. The van der Waals surface area contributed by atoms with Crippen LogP contribution < -0.4 is 5.56 Å². The number of rotatable bonds is 9. The average molecular weight is 458 g/mol. The van der Waals surface area contributed by atoms with Crippen LogP contribution in [0.1, 0.15) is 52.5 Å². The summed E-state index contributed by atoms with van der Waals surface area (Å²) in [5.41, 5.74) is 3.81. The van der Waals surface area contributed by atoms with Crippen LogP contribution >= 0.6 is 23.1 Å². The predicted molar refractivity (Wildman–Crippen MR) is 132 cm³/mol. The van der Waals surface area contributed by atoms with Gasteiger partial charge in [0.05, 0.1) is 11.1 Å². The molecule has 3 aromatic heterocycles. The van der Waals surface area contributed by atoms with E-state index in [0.29, 0.717) is 23.0 Å². The highest BCUT2D eigenvalue weighted by molar-refractivity contribution is 7.99. The van der Waals surface area contributed by atoms with Crippen molar-refractivity contribution in [2.75, 3.05) is 5.75 Å². The van der Waals surface area contributed by atoms with E-state index in [1.165, 1.54) is 23.1 Å². The number of thiophene rings is 1. The Labute approximate surface area is 192 Å². The van der Waals surface area contributed by atoms with E-state index in [-0.39, 0.29) is 17.1 Å². The fraction of sp³-hybridized carbons (Fsp3) is 0.458. The summed E-state index contributed by atoms with van der Waals surface area (Å²) < 4.78 is 3.85. The summed E-state index contributed by atoms with van der Waals surface area (Å²) in [6.45, 7) is 17.5. The Morgan fingerprint density at radius 2 is 1.97 bits per heavy atom. The first-order valence-corrected chi connectivity index (χ1v) is 12.4. The number of hydrogen-bond donors (Lipinski definition) is 0. The molecule has 0 saturated carbocycles. The van der Waals surface area contributed by atoms with Gasteiger partial charge in [-0.25, -0.2) is 4.98 Å². The van der Waals surface area contributed by atoms with Crippen molar-refractivity contribution >= 4 is 39.1 Å². The summed E-state index contributed by atoms with van der Waals surface area (Å²) in [6, 6.07) is 1.98. The van der Waals surface area contributed by atoms with Crippen LogP contribution in [0.2, 0.25) is 0 Å². The molecule has 3 heterocycles. The van der Waals surface area contributed by atoms with Gasteiger partial charge < -0.3 is 4.57 Å². The molecule has 0 aliphatic heterocycles. The monoisotopic (exact) mass is 457 g/mol. The maximum atomic E-state index is 13.1. The van der Waals surface area contributed by atoms with Crippen LogP contribution in [0.15, 0.2) is 28.7 Å². The Hall–Kier alpha value is -2.12. The van der Waals surface area contributed by atoms with Gasteiger partial charge in [0.25, 0.3) is 5.56 Å². The van der Waals surface area contributed by atoms with E-state index in [1.54, 1.807) is 10.6 Å². The minimum absolute atomic E-state index is 0.0615. The highest BCUT2D eigenvalue weighted by Gasteiger charge is 2.20. The zero-order valence-corrected chi connectivity index (χ0v) is 20.9. The highest BCUT2D eigenvalue weighted by Crippen LogP contribution is 2.29. The summed E-state index contributed by atoms with van der Waals surface area (Å²) in [4.78, 5) is 32.7. The van der Waals surface area contributed by atoms with Gasteiger partial charge in [0.2, 0.25) is 0 Å². The summed E-state index contributed by atoms with van der Waals surface area (Å²) >= 11 is 2.86. The Balaban J connectivity index is 1.88. The van der Waals surface area contributed by atoms with Gasteiger partial charge in [0.15, 0.2) is 10.9 Å². The maximum Gasteiger partial charge on any atom is 0.263 e. The lowest BCUT2D eigenvalue weighted by Gasteiger charge is -2.12. The molecule has 0 radical (unpaired) electrons. The van der Waals surface area contributed by atoms with Crippen LogP contribution in [-0.2, 0) is 13.1 Å². The summed E-state index contributed by atoms with van der Waals surface area (Å²) in [5, 5.41) is 1.24. The molecule has 0 aliphatic carbocycles. The predicted octanol–water partition coefficient (Wildman–Crippen LogP) is 5.70. The second-order valence-corrected chi connectivity index (χ2v) is 10.5. The standard InChI is InChI=1S/C24H31N3O2S2/c1-8-10-27-23(29)21-16(5)18(7)31-22(21)25-24(27)30-13-20(28)19-12-15(4)26(17(19)6)11-9-14(2)3/h8,12,14H,1,9-11,13H2,2-7H3. The topological polar surface area (TPSA) is 56.9 Å². The van der Waals surface area contributed by atoms with E-state index in [9.17, 15) is 9.59 Å². The summed E-state index contributed by atoms with van der Waals surface area (Å²) in [6.07, 6.45) is 2.77. The third-order valence-electron chi connectivity index (χ3n) is 5.70. The first-order chi connectivity index (χ1) is 14.6. The van der Waals surface area contributed by atoms with Crippen molar-refractivity contribution in [1.29, 1.82) is 0 Å². The first kappa shape index (κ1) is 23.5. The highest BCUT2D eigenvalue weighted by atomic mass is 32.2. The second-order valence-electron chi connectivity index (χ2n) is 8.39. The molecule has 0 aromatic carbocycles. The van der Waals surface area contributed by atoms with E-state index >= 15 is 0 Å². The van der Waals surface area contributed by atoms with Gasteiger partial charge in [-0.15, -0.1) is 17.9 Å². The van der Waals surface area contributed by atoms with Gasteiger partial charge in [-0.2, -0.15) is 0 Å².